The van der Waals surface area contributed by atoms with Gasteiger partial charge in [-0.15, -0.1) is 11.3 Å². The van der Waals surface area contributed by atoms with Gasteiger partial charge in [-0.2, -0.15) is 0 Å². The van der Waals surface area contributed by atoms with Crippen LogP contribution in [-0.2, 0) is 11.2 Å². The van der Waals surface area contributed by atoms with Crippen LogP contribution in [0.4, 0.5) is 5.82 Å². The van der Waals surface area contributed by atoms with Crippen molar-refractivity contribution in [1.29, 1.82) is 0 Å². The van der Waals surface area contributed by atoms with E-state index in [0.717, 1.165) is 16.6 Å². The molecule has 0 bridgehead atoms. The van der Waals surface area contributed by atoms with E-state index in [1.165, 1.54) is 11.2 Å². The maximum absolute atomic E-state index is 11.4. The van der Waals surface area contributed by atoms with Crippen LogP contribution < -0.4 is 4.90 Å². The van der Waals surface area contributed by atoms with E-state index in [2.05, 4.69) is 16.9 Å². The molecule has 0 unspecified atom stereocenters. The third-order valence-corrected chi connectivity index (χ3v) is 4.57. The largest absolute Gasteiger partial charge is 0.480 e. The lowest BCUT2D eigenvalue weighted by Gasteiger charge is -2.32. The number of nitrogens with zero attached hydrogens (tertiary/aromatic N) is 3. The molecule has 2 heterocycles. The number of carboxylic acids is 1. The number of thiophene rings is 1. The lowest BCUT2D eigenvalue weighted by Crippen LogP contribution is -2.48. The molecule has 0 fully saturated rings. The van der Waals surface area contributed by atoms with Crippen molar-refractivity contribution >= 4 is 33.3 Å². The molecule has 0 atom stereocenters. The number of hydrogen-bond acceptors (Lipinski definition) is 5. The summed E-state index contributed by atoms with van der Waals surface area (Å²) in [5.74, 6) is -0.221. The van der Waals surface area contributed by atoms with E-state index in [9.17, 15) is 9.90 Å². The fraction of sp³-hybridized carbons (Fsp3) is 0.462. The number of aromatic nitrogens is 2. The number of rotatable bonds is 4. The first kappa shape index (κ1) is 13.7. The number of carbonyl (C=O) groups is 1. The Morgan fingerprint density at radius 1 is 1.47 bits per heavy atom. The number of hydrogen-bond donors (Lipinski definition) is 1. The van der Waals surface area contributed by atoms with Crippen molar-refractivity contribution in [2.75, 3.05) is 11.9 Å². The SMILES string of the molecule is CCc1cc2c(N(C)C(C)(C)C(=O)O)ncnc2s1. The first-order chi connectivity index (χ1) is 8.87. The minimum Gasteiger partial charge on any atom is -0.480 e. The van der Waals surface area contributed by atoms with Crippen LogP contribution in [0.1, 0.15) is 25.6 Å². The second kappa shape index (κ2) is 4.77. The molecule has 2 aromatic heterocycles. The molecule has 6 heteroatoms. The molecule has 0 amide bonds. The maximum atomic E-state index is 11.4. The second-order valence-electron chi connectivity index (χ2n) is 4.91. The molecule has 0 saturated heterocycles. The molecule has 2 rings (SSSR count). The first-order valence-electron chi connectivity index (χ1n) is 6.08. The van der Waals surface area contributed by atoms with E-state index in [1.54, 1.807) is 37.1 Å². The predicted molar refractivity (Wildman–Crippen MR) is 76.9 cm³/mol. The van der Waals surface area contributed by atoms with Gasteiger partial charge in [0.2, 0.25) is 0 Å². The zero-order valence-electron chi connectivity index (χ0n) is 11.5. The molecule has 0 radical (unpaired) electrons. The van der Waals surface area contributed by atoms with Crippen LogP contribution in [0, 0.1) is 0 Å². The monoisotopic (exact) mass is 279 g/mol. The van der Waals surface area contributed by atoms with Gasteiger partial charge in [0.25, 0.3) is 0 Å². The lowest BCUT2D eigenvalue weighted by atomic mass is 10.0. The van der Waals surface area contributed by atoms with Crippen molar-refractivity contribution in [2.24, 2.45) is 0 Å². The van der Waals surface area contributed by atoms with Gasteiger partial charge in [-0.3, -0.25) is 0 Å². The van der Waals surface area contributed by atoms with E-state index >= 15 is 0 Å². The molecular formula is C13H17N3O2S. The summed E-state index contributed by atoms with van der Waals surface area (Å²) in [6, 6.07) is 2.05. The number of fused-ring (bicyclic) bond motifs is 1. The van der Waals surface area contributed by atoms with Gasteiger partial charge < -0.3 is 10.0 Å². The van der Waals surface area contributed by atoms with Crippen molar-refractivity contribution < 1.29 is 9.90 Å². The van der Waals surface area contributed by atoms with Gasteiger partial charge in [-0.05, 0) is 26.3 Å². The van der Waals surface area contributed by atoms with E-state index in [0.29, 0.717) is 5.82 Å². The van der Waals surface area contributed by atoms with E-state index < -0.39 is 11.5 Å². The molecule has 102 valence electrons. The van der Waals surface area contributed by atoms with Gasteiger partial charge in [0, 0.05) is 11.9 Å². The molecule has 0 aromatic carbocycles. The highest BCUT2D eigenvalue weighted by Gasteiger charge is 2.34. The Labute approximate surface area is 115 Å². The van der Waals surface area contributed by atoms with Crippen molar-refractivity contribution in [3.05, 3.63) is 17.3 Å². The average molecular weight is 279 g/mol. The van der Waals surface area contributed by atoms with Gasteiger partial charge in [-0.1, -0.05) is 6.92 Å². The summed E-state index contributed by atoms with van der Waals surface area (Å²) in [4.78, 5) is 23.7. The molecule has 19 heavy (non-hydrogen) atoms. The van der Waals surface area contributed by atoms with Crippen molar-refractivity contribution in [3.63, 3.8) is 0 Å². The zero-order valence-corrected chi connectivity index (χ0v) is 12.3. The summed E-state index contributed by atoms with van der Waals surface area (Å²) in [5.41, 5.74) is -1.02. The predicted octanol–water partition coefficient (Wildman–Crippen LogP) is 2.55. The van der Waals surface area contributed by atoms with E-state index in [-0.39, 0.29) is 0 Å². The minimum absolute atomic E-state index is 0.661. The van der Waals surface area contributed by atoms with Crippen LogP contribution in [0.15, 0.2) is 12.4 Å². The fourth-order valence-electron chi connectivity index (χ4n) is 1.74. The molecule has 0 aliphatic heterocycles. The van der Waals surface area contributed by atoms with Gasteiger partial charge in [0.05, 0.1) is 5.39 Å². The third kappa shape index (κ3) is 2.28. The van der Waals surface area contributed by atoms with Gasteiger partial charge in [0.1, 0.15) is 22.5 Å². The maximum Gasteiger partial charge on any atom is 0.328 e. The van der Waals surface area contributed by atoms with Gasteiger partial charge in [-0.25, -0.2) is 14.8 Å². The first-order valence-corrected chi connectivity index (χ1v) is 6.90. The summed E-state index contributed by atoms with van der Waals surface area (Å²) >= 11 is 1.62. The molecule has 5 nitrogen and oxygen atoms in total. The summed E-state index contributed by atoms with van der Waals surface area (Å²) in [6.07, 6.45) is 2.43. The highest BCUT2D eigenvalue weighted by Crippen LogP contribution is 2.32. The van der Waals surface area contributed by atoms with Crippen LogP contribution in [0.3, 0.4) is 0 Å². The number of anilines is 1. The van der Waals surface area contributed by atoms with Crippen LogP contribution in [0.25, 0.3) is 10.2 Å². The topological polar surface area (TPSA) is 66.3 Å². The Bertz CT molecular complexity index is 621. The highest BCUT2D eigenvalue weighted by atomic mass is 32.1. The fourth-order valence-corrected chi connectivity index (χ4v) is 2.67. The Balaban J connectivity index is 2.56. The number of carboxylic acid groups (broad SMARTS) is 1. The van der Waals surface area contributed by atoms with Crippen molar-refractivity contribution in [3.8, 4) is 0 Å². The second-order valence-corrected chi connectivity index (χ2v) is 6.02. The van der Waals surface area contributed by atoms with Crippen LogP contribution in [-0.4, -0.2) is 33.6 Å². The molecule has 2 aromatic rings. The lowest BCUT2D eigenvalue weighted by molar-refractivity contribution is -0.142. The third-order valence-electron chi connectivity index (χ3n) is 3.39. The Kier molecular flexibility index (Phi) is 3.45. The highest BCUT2D eigenvalue weighted by molar-refractivity contribution is 7.18. The van der Waals surface area contributed by atoms with Gasteiger partial charge in [0.15, 0.2) is 0 Å². The molecule has 0 spiro atoms. The Hall–Kier alpha value is -1.69. The Morgan fingerprint density at radius 2 is 2.16 bits per heavy atom. The average Bonchev–Trinajstić information content (AvgIpc) is 2.80. The normalized spacial score (nSPS) is 11.8. The minimum atomic E-state index is -1.02. The number of aliphatic carboxylic acids is 1. The molecular weight excluding hydrogens is 262 g/mol. The summed E-state index contributed by atoms with van der Waals surface area (Å²) in [6.45, 7) is 5.41. The van der Waals surface area contributed by atoms with E-state index in [1.807, 2.05) is 6.07 Å². The number of aryl methyl sites for hydroxylation is 1. The molecule has 0 aliphatic carbocycles. The molecule has 0 aliphatic rings. The molecule has 1 N–H and O–H groups in total. The van der Waals surface area contributed by atoms with E-state index in [4.69, 9.17) is 0 Å². The summed E-state index contributed by atoms with van der Waals surface area (Å²) in [7, 11) is 1.75. The summed E-state index contributed by atoms with van der Waals surface area (Å²) in [5, 5.41) is 10.2. The quantitative estimate of drug-likeness (QED) is 0.931. The number of likely N-dealkylation sites (N-methyl/N-ethyl adjacent to an activating group) is 1. The van der Waals surface area contributed by atoms with Crippen LogP contribution >= 0.6 is 11.3 Å². The Morgan fingerprint density at radius 3 is 2.74 bits per heavy atom. The van der Waals surface area contributed by atoms with Crippen LogP contribution in [0.5, 0.6) is 0 Å². The zero-order chi connectivity index (χ0) is 14.2. The van der Waals surface area contributed by atoms with Crippen LogP contribution in [0.2, 0.25) is 0 Å². The van der Waals surface area contributed by atoms with Crippen molar-refractivity contribution in [2.45, 2.75) is 32.7 Å². The summed E-state index contributed by atoms with van der Waals surface area (Å²) < 4.78 is 0. The smallest absolute Gasteiger partial charge is 0.328 e. The molecule has 0 saturated carbocycles. The standard InChI is InChI=1S/C13H17N3O2S/c1-5-8-6-9-10(14-7-15-11(9)19-8)16(4)13(2,3)12(17)18/h6-7H,5H2,1-4H3,(H,17,18). The van der Waals surface area contributed by atoms with Crippen molar-refractivity contribution in [1.82, 2.24) is 9.97 Å². The van der Waals surface area contributed by atoms with Gasteiger partial charge >= 0.3 is 5.97 Å².